The van der Waals surface area contributed by atoms with Crippen LogP contribution < -0.4 is 14.3 Å². The quantitative estimate of drug-likeness (QED) is 0.120. The van der Waals surface area contributed by atoms with E-state index in [1.807, 2.05) is 12.1 Å². The number of hydrogen-bond acceptors (Lipinski definition) is 1. The van der Waals surface area contributed by atoms with Gasteiger partial charge in [0.1, 0.15) is 28.5 Å². The summed E-state index contributed by atoms with van der Waals surface area (Å²) in [7, 11) is -2.09. The largest absolute Gasteiger partial charge is 0.455 e. The molecule has 4 nitrogen and oxygen atoms in total. The van der Waals surface area contributed by atoms with Crippen molar-refractivity contribution < 1.29 is 23.7 Å². The van der Waals surface area contributed by atoms with Gasteiger partial charge < -0.3 is 4.42 Å². The Labute approximate surface area is 407 Å². The lowest BCUT2D eigenvalue weighted by atomic mass is 9.88. The molecule has 0 amide bonds. The summed E-state index contributed by atoms with van der Waals surface area (Å²) in [5, 5.41) is 3.18. The van der Waals surface area contributed by atoms with Crippen molar-refractivity contribution in [1.82, 2.24) is 4.57 Å². The summed E-state index contributed by atoms with van der Waals surface area (Å²) in [6.07, 6.45) is 6.33. The molecule has 3 aromatic heterocycles. The van der Waals surface area contributed by atoms with Crippen molar-refractivity contribution in [3.05, 3.63) is 217 Å². The van der Waals surface area contributed by atoms with E-state index < -0.39 is 19.6 Å². The average molecular weight is 931 g/mol. The van der Waals surface area contributed by atoms with Gasteiger partial charge in [0, 0.05) is 23.4 Å². The highest BCUT2D eigenvalue weighted by Gasteiger charge is 2.67. The maximum atomic E-state index is 14.7. The van der Waals surface area contributed by atoms with Crippen LogP contribution >= 0.6 is 0 Å². The van der Waals surface area contributed by atoms with Gasteiger partial charge in [-0.3, -0.25) is 0 Å². The van der Waals surface area contributed by atoms with Crippen molar-refractivity contribution in [3.63, 3.8) is 0 Å². The van der Waals surface area contributed by atoms with E-state index in [9.17, 15) is 10.2 Å². The Morgan fingerprint density at radius 1 is 0.629 bits per heavy atom. The van der Waals surface area contributed by atoms with E-state index in [-0.39, 0.29) is 11.6 Å². The number of nitrogens with zero attached hydrogens (tertiary/aromatic N) is 3. The lowest BCUT2D eigenvalue weighted by Gasteiger charge is -2.26. The zero-order chi connectivity index (χ0) is 48.0. The molecule has 1 spiro atoms. The maximum Gasteiger partial charge on any atom is 0.364 e. The summed E-state index contributed by atoms with van der Waals surface area (Å²) in [6, 6.07) is 61.4. The van der Waals surface area contributed by atoms with Crippen molar-refractivity contribution in [2.75, 3.05) is 0 Å². The summed E-state index contributed by atoms with van der Waals surface area (Å²) >= 11 is 0. The molecule has 1 fully saturated rings. The predicted octanol–water partition coefficient (Wildman–Crippen LogP) is 14.8. The predicted molar refractivity (Wildman–Crippen MR) is 280 cm³/mol. The van der Waals surface area contributed by atoms with Crippen LogP contribution in [0.2, 0.25) is 19.6 Å². The fraction of sp³-hybridized carbons (Fsp3) is 0.143. The Balaban J connectivity index is 1.16. The van der Waals surface area contributed by atoms with Crippen LogP contribution in [-0.2, 0) is 5.66 Å². The number of furan rings is 1. The van der Waals surface area contributed by atoms with Crippen molar-refractivity contribution in [3.8, 4) is 61.7 Å². The Hall–Kier alpha value is -7.74. The van der Waals surface area contributed by atoms with Gasteiger partial charge in [0.2, 0.25) is 5.69 Å². The molecule has 0 radical (unpaired) electrons. The average Bonchev–Trinajstić information content (AvgIpc) is 4.21. The van der Waals surface area contributed by atoms with E-state index in [1.54, 1.807) is 12.1 Å². The number of aromatic nitrogens is 3. The van der Waals surface area contributed by atoms with Crippen molar-refractivity contribution in [2.24, 2.45) is 0 Å². The van der Waals surface area contributed by atoms with Crippen molar-refractivity contribution >= 4 is 46.2 Å². The second-order valence-corrected chi connectivity index (χ2v) is 25.5. The highest BCUT2D eigenvalue weighted by atomic mass is 28.3. The van der Waals surface area contributed by atoms with Crippen LogP contribution in [0.4, 0.5) is 8.78 Å². The molecule has 7 heteroatoms. The molecule has 0 N–H and O–H groups in total. The van der Waals surface area contributed by atoms with Crippen LogP contribution in [0, 0.1) is 11.6 Å². The molecule has 1 unspecified atom stereocenters. The minimum absolute atomic E-state index is 0.307. The number of para-hydroxylation sites is 2. The molecule has 11 aromatic rings. The van der Waals surface area contributed by atoms with Crippen LogP contribution in [0.3, 0.4) is 0 Å². The van der Waals surface area contributed by atoms with E-state index in [0.717, 1.165) is 126 Å². The van der Waals surface area contributed by atoms with Crippen LogP contribution in [0.15, 0.2) is 193 Å². The number of hydrogen-bond donors (Lipinski definition) is 0. The van der Waals surface area contributed by atoms with E-state index in [2.05, 4.69) is 173 Å². The van der Waals surface area contributed by atoms with Crippen LogP contribution in [0.25, 0.3) is 94.7 Å². The van der Waals surface area contributed by atoms with E-state index in [1.165, 1.54) is 35.0 Å². The van der Waals surface area contributed by atoms with E-state index in [4.69, 9.17) is 4.42 Å². The third-order valence-corrected chi connectivity index (χ3v) is 17.4. The molecular weight excluding hydrogens is 881 g/mol. The van der Waals surface area contributed by atoms with Gasteiger partial charge in [0.05, 0.1) is 24.8 Å². The van der Waals surface area contributed by atoms with Crippen LogP contribution in [0.1, 0.15) is 49.6 Å². The molecule has 70 heavy (non-hydrogen) atoms. The lowest BCUT2D eigenvalue weighted by Crippen LogP contribution is -2.72. The van der Waals surface area contributed by atoms with Crippen molar-refractivity contribution in [1.29, 1.82) is 0 Å². The lowest BCUT2D eigenvalue weighted by molar-refractivity contribution is -0.944. The number of rotatable bonds is 6. The first-order valence-electron chi connectivity index (χ1n) is 25.0. The summed E-state index contributed by atoms with van der Waals surface area (Å²) < 4.78 is 54.2. The van der Waals surface area contributed by atoms with Crippen molar-refractivity contribution in [2.45, 2.75) is 56.9 Å². The fourth-order valence-electron chi connectivity index (χ4n) is 12.3. The van der Waals surface area contributed by atoms with Gasteiger partial charge in [-0.25, -0.2) is 8.78 Å². The summed E-state index contributed by atoms with van der Waals surface area (Å²) in [5.41, 5.74) is 16.0. The summed E-state index contributed by atoms with van der Waals surface area (Å²) in [5.74, 6) is -0.274. The number of halogens is 2. The van der Waals surface area contributed by atoms with Gasteiger partial charge in [-0.15, -0.1) is 9.13 Å². The van der Waals surface area contributed by atoms with E-state index in [0.29, 0.717) is 5.58 Å². The Morgan fingerprint density at radius 2 is 1.31 bits per heavy atom. The highest BCUT2D eigenvalue weighted by Crippen LogP contribution is 2.54. The second kappa shape index (κ2) is 15.1. The molecule has 0 bridgehead atoms. The molecule has 338 valence electrons. The zero-order valence-corrected chi connectivity index (χ0v) is 40.2. The molecule has 1 atom stereocenters. The normalized spacial score (nSPS) is 16.8. The molecule has 1 saturated carbocycles. The first-order chi connectivity index (χ1) is 34.5. The van der Waals surface area contributed by atoms with Crippen LogP contribution in [0.5, 0.6) is 0 Å². The third-order valence-electron chi connectivity index (χ3n) is 15.4. The Morgan fingerprint density at radius 3 is 2.09 bits per heavy atom. The molecule has 1 aliphatic carbocycles. The van der Waals surface area contributed by atoms with Gasteiger partial charge in [-0.2, -0.15) is 4.57 Å². The molecule has 3 aliphatic rings. The van der Waals surface area contributed by atoms with Crippen LogP contribution in [-0.4, -0.2) is 12.6 Å². The van der Waals surface area contributed by atoms with Gasteiger partial charge in [0.25, 0.3) is 0 Å². The molecule has 2 aliphatic heterocycles. The molecule has 5 heterocycles. The second-order valence-electron chi connectivity index (χ2n) is 20.4. The Kier molecular flexibility index (Phi) is 8.68. The zero-order valence-electron chi connectivity index (χ0n) is 40.2. The number of fused-ring (bicyclic) bond motifs is 16. The smallest absolute Gasteiger partial charge is 0.364 e. The standard InChI is InChI=1S/C63H49F2N3OSi/c1-70(2,3)58-38-66-56(37-50(58)41-16-7-8-17-41)48-20-9-10-21-52(48)63(66)53-33-32-49-59-51(42-26-30-46(65)31-27-42)35-44(40-24-28-45(64)29-25-40)36-57(59)69-61(49)60(53)62-67(54-22-11-12-23-55(54)68(62)63)47-19-13-18-43(34-47)39-14-5-4-6-15-39/h4-6,9-15,18-38,41H,7-8,16-17H2,1-3H3/q+2/i41D. The maximum absolute atomic E-state index is 14.7. The first-order valence-corrected chi connectivity index (χ1v) is 28.0. The topological polar surface area (TPSA) is 25.8 Å². The summed E-state index contributed by atoms with van der Waals surface area (Å²) in [4.78, 5) is 0. The van der Waals surface area contributed by atoms with E-state index >= 15 is 0 Å². The minimum Gasteiger partial charge on any atom is -0.455 e. The van der Waals surface area contributed by atoms with Gasteiger partial charge >= 0.3 is 11.5 Å². The van der Waals surface area contributed by atoms with Gasteiger partial charge in [0.15, 0.2) is 22.8 Å². The first kappa shape index (κ1) is 40.2. The number of benzene rings is 8. The molecule has 8 aromatic carbocycles. The SMILES string of the molecule is [2H]C1(c2cc3[n+](cc2[Si](C)(C)C)C2(c4ccccc4-3)c3ccc4c(oc5cc(-c6ccc(F)cc6)cc(-c6ccc(F)cc6)c54)c3-c3n(-c4cccc(-c5ccccc5)c4)c4ccccc4[n+]32)CCCC1. The minimum atomic E-state index is -2.09. The third kappa shape index (κ3) is 5.85. The fourth-order valence-corrected chi connectivity index (χ4v) is 13.9. The monoisotopic (exact) mass is 930 g/mol. The molecular formula is C63H49F2N3OSi+2. The number of imidazole rings is 1. The van der Waals surface area contributed by atoms with Gasteiger partial charge in [-0.1, -0.05) is 123 Å². The molecule has 0 saturated heterocycles. The van der Waals surface area contributed by atoms with Gasteiger partial charge in [-0.05, 0) is 143 Å². The highest BCUT2D eigenvalue weighted by molar-refractivity contribution is 6.89. The number of pyridine rings is 1. The Bertz CT molecular complexity index is 4020. The molecule has 14 rings (SSSR count). The summed E-state index contributed by atoms with van der Waals surface area (Å²) in [6.45, 7) is 7.28.